The Hall–Kier alpha value is -1.81. The van der Waals surface area contributed by atoms with Crippen LogP contribution < -0.4 is 10.6 Å². The van der Waals surface area contributed by atoms with Gasteiger partial charge in [-0.3, -0.25) is 5.41 Å². The molecule has 0 spiro atoms. The number of amidine groups is 1. The fourth-order valence-electron chi connectivity index (χ4n) is 2.32. The Morgan fingerprint density at radius 3 is 2.72 bits per heavy atom. The predicted octanol–water partition coefficient (Wildman–Crippen LogP) is 2.59. The van der Waals surface area contributed by atoms with Crippen LogP contribution in [-0.2, 0) is 13.0 Å². The smallest absolute Gasteiger partial charge is 0.122 e. The van der Waals surface area contributed by atoms with Crippen molar-refractivity contribution >= 4 is 22.9 Å². The van der Waals surface area contributed by atoms with Crippen molar-refractivity contribution in [3.05, 3.63) is 51.7 Å². The van der Waals surface area contributed by atoms with E-state index >= 15 is 0 Å². The van der Waals surface area contributed by atoms with Crippen molar-refractivity contribution in [2.75, 3.05) is 11.4 Å². The minimum absolute atomic E-state index is 0.125. The highest BCUT2D eigenvalue weighted by Gasteiger charge is 2.17. The fraction of sp³-hybridized carbons (Fsp3) is 0.214. The number of rotatable bonds is 2. The first-order valence-corrected chi connectivity index (χ1v) is 6.86. The SMILES string of the molecule is N=C(N)c1ccc(N2CCc3sccc3C2)cc1. The molecule has 0 atom stereocenters. The summed E-state index contributed by atoms with van der Waals surface area (Å²) in [6, 6.07) is 10.2. The van der Waals surface area contributed by atoms with E-state index in [4.69, 9.17) is 11.1 Å². The summed E-state index contributed by atoms with van der Waals surface area (Å²) >= 11 is 1.86. The third-order valence-electron chi connectivity index (χ3n) is 3.35. The van der Waals surface area contributed by atoms with E-state index < -0.39 is 0 Å². The molecule has 92 valence electrons. The predicted molar refractivity (Wildman–Crippen MR) is 76.5 cm³/mol. The maximum atomic E-state index is 7.39. The lowest BCUT2D eigenvalue weighted by Crippen LogP contribution is -2.29. The number of nitrogen functional groups attached to an aromatic ring is 1. The molecule has 0 fully saturated rings. The number of anilines is 1. The fourth-order valence-corrected chi connectivity index (χ4v) is 3.21. The highest BCUT2D eigenvalue weighted by Crippen LogP contribution is 2.27. The molecule has 3 rings (SSSR count). The summed E-state index contributed by atoms with van der Waals surface area (Å²) in [5.74, 6) is 0.125. The molecule has 3 N–H and O–H groups in total. The zero-order valence-electron chi connectivity index (χ0n) is 10.0. The molecule has 0 radical (unpaired) electrons. The van der Waals surface area contributed by atoms with Crippen LogP contribution in [0, 0.1) is 5.41 Å². The van der Waals surface area contributed by atoms with E-state index in [0.29, 0.717) is 0 Å². The summed E-state index contributed by atoms with van der Waals surface area (Å²) < 4.78 is 0. The molecule has 0 saturated heterocycles. The topological polar surface area (TPSA) is 53.1 Å². The van der Waals surface area contributed by atoms with Crippen molar-refractivity contribution in [3.8, 4) is 0 Å². The first-order chi connectivity index (χ1) is 8.74. The zero-order valence-corrected chi connectivity index (χ0v) is 10.8. The zero-order chi connectivity index (χ0) is 12.5. The molecule has 18 heavy (non-hydrogen) atoms. The van der Waals surface area contributed by atoms with Gasteiger partial charge >= 0.3 is 0 Å². The van der Waals surface area contributed by atoms with Crippen LogP contribution in [0.2, 0.25) is 0 Å². The van der Waals surface area contributed by atoms with Crippen molar-refractivity contribution in [2.24, 2.45) is 5.73 Å². The molecule has 0 unspecified atom stereocenters. The molecule has 4 heteroatoms. The Bertz CT molecular complexity index is 571. The van der Waals surface area contributed by atoms with E-state index in [1.807, 2.05) is 35.6 Å². The van der Waals surface area contributed by atoms with Gasteiger partial charge in [-0.15, -0.1) is 11.3 Å². The van der Waals surface area contributed by atoms with E-state index in [9.17, 15) is 0 Å². The summed E-state index contributed by atoms with van der Waals surface area (Å²) in [5, 5.41) is 9.57. The van der Waals surface area contributed by atoms with E-state index in [1.54, 1.807) is 0 Å². The molecule has 1 aromatic heterocycles. The molecular weight excluding hydrogens is 242 g/mol. The Labute approximate surface area is 110 Å². The molecule has 0 amide bonds. The third-order valence-corrected chi connectivity index (χ3v) is 4.37. The second-order valence-electron chi connectivity index (χ2n) is 4.50. The maximum Gasteiger partial charge on any atom is 0.122 e. The molecule has 1 aliphatic heterocycles. The molecule has 0 bridgehead atoms. The number of nitrogens with two attached hydrogens (primary N) is 1. The average Bonchev–Trinajstić information content (AvgIpc) is 2.86. The van der Waals surface area contributed by atoms with Gasteiger partial charge in [-0.25, -0.2) is 0 Å². The molecule has 3 nitrogen and oxygen atoms in total. The minimum atomic E-state index is 0.125. The monoisotopic (exact) mass is 257 g/mol. The van der Waals surface area contributed by atoms with Gasteiger partial charge in [0.2, 0.25) is 0 Å². The van der Waals surface area contributed by atoms with Crippen LogP contribution in [0.5, 0.6) is 0 Å². The Kier molecular flexibility index (Phi) is 2.80. The van der Waals surface area contributed by atoms with Gasteiger partial charge in [-0.2, -0.15) is 0 Å². The van der Waals surface area contributed by atoms with Gasteiger partial charge in [0.1, 0.15) is 5.84 Å². The molecule has 2 aromatic rings. The van der Waals surface area contributed by atoms with E-state index in [-0.39, 0.29) is 5.84 Å². The van der Waals surface area contributed by atoms with Crippen molar-refractivity contribution in [1.29, 1.82) is 5.41 Å². The first-order valence-electron chi connectivity index (χ1n) is 5.99. The second kappa shape index (κ2) is 4.46. The number of nitrogens with one attached hydrogen (secondary N) is 1. The number of thiophene rings is 1. The van der Waals surface area contributed by atoms with Crippen molar-refractivity contribution < 1.29 is 0 Å². The van der Waals surface area contributed by atoms with E-state index in [1.165, 1.54) is 16.1 Å². The first kappa shape index (κ1) is 11.3. The van der Waals surface area contributed by atoms with Crippen LogP contribution in [0.1, 0.15) is 16.0 Å². The summed E-state index contributed by atoms with van der Waals surface area (Å²) in [7, 11) is 0. The van der Waals surface area contributed by atoms with Crippen molar-refractivity contribution in [3.63, 3.8) is 0 Å². The Balaban J connectivity index is 1.82. The van der Waals surface area contributed by atoms with Gasteiger partial charge in [0, 0.05) is 29.2 Å². The molecule has 0 aliphatic carbocycles. The van der Waals surface area contributed by atoms with Crippen LogP contribution in [0.15, 0.2) is 35.7 Å². The largest absolute Gasteiger partial charge is 0.384 e. The van der Waals surface area contributed by atoms with E-state index in [0.717, 1.165) is 25.1 Å². The maximum absolute atomic E-state index is 7.39. The summed E-state index contributed by atoms with van der Waals surface area (Å²) in [4.78, 5) is 3.89. The van der Waals surface area contributed by atoms with Crippen molar-refractivity contribution in [2.45, 2.75) is 13.0 Å². The standard InChI is InChI=1S/C14H15N3S/c15-14(16)10-1-3-12(4-2-10)17-7-5-13-11(9-17)6-8-18-13/h1-4,6,8H,5,7,9H2,(H3,15,16). The van der Waals surface area contributed by atoms with Gasteiger partial charge < -0.3 is 10.6 Å². The van der Waals surface area contributed by atoms with Crippen LogP contribution in [-0.4, -0.2) is 12.4 Å². The number of fused-ring (bicyclic) bond motifs is 1. The number of hydrogen-bond donors (Lipinski definition) is 2. The molecule has 1 aromatic carbocycles. The minimum Gasteiger partial charge on any atom is -0.384 e. The highest BCUT2D eigenvalue weighted by atomic mass is 32.1. The molecule has 2 heterocycles. The number of benzene rings is 1. The second-order valence-corrected chi connectivity index (χ2v) is 5.50. The van der Waals surface area contributed by atoms with Crippen LogP contribution in [0.4, 0.5) is 5.69 Å². The third kappa shape index (κ3) is 1.99. The van der Waals surface area contributed by atoms with Gasteiger partial charge in [0.15, 0.2) is 0 Å². The van der Waals surface area contributed by atoms with Gasteiger partial charge in [0.05, 0.1) is 0 Å². The van der Waals surface area contributed by atoms with Gasteiger partial charge in [0.25, 0.3) is 0 Å². The lowest BCUT2D eigenvalue weighted by Gasteiger charge is -2.29. The van der Waals surface area contributed by atoms with Crippen LogP contribution in [0.3, 0.4) is 0 Å². The number of nitrogens with zero attached hydrogens (tertiary/aromatic N) is 1. The van der Waals surface area contributed by atoms with E-state index in [2.05, 4.69) is 16.3 Å². The van der Waals surface area contributed by atoms with Crippen LogP contribution >= 0.6 is 11.3 Å². The van der Waals surface area contributed by atoms with Gasteiger partial charge in [-0.05, 0) is 47.7 Å². The van der Waals surface area contributed by atoms with Gasteiger partial charge in [-0.1, -0.05) is 0 Å². The Morgan fingerprint density at radius 2 is 2.00 bits per heavy atom. The summed E-state index contributed by atoms with van der Waals surface area (Å²) in [5.41, 5.74) is 8.90. The highest BCUT2D eigenvalue weighted by molar-refractivity contribution is 7.10. The summed E-state index contributed by atoms with van der Waals surface area (Å²) in [6.45, 7) is 2.05. The molecule has 1 aliphatic rings. The normalized spacial score (nSPS) is 14.3. The van der Waals surface area contributed by atoms with Crippen LogP contribution in [0.25, 0.3) is 0 Å². The molecular formula is C14H15N3S. The quantitative estimate of drug-likeness (QED) is 0.642. The number of hydrogen-bond acceptors (Lipinski definition) is 3. The van der Waals surface area contributed by atoms with Crippen molar-refractivity contribution in [1.82, 2.24) is 0 Å². The Morgan fingerprint density at radius 1 is 1.22 bits per heavy atom. The summed E-state index contributed by atoms with van der Waals surface area (Å²) in [6.07, 6.45) is 1.13. The lowest BCUT2D eigenvalue weighted by atomic mass is 10.1. The molecule has 0 saturated carbocycles. The lowest BCUT2D eigenvalue weighted by molar-refractivity contribution is 0.744. The average molecular weight is 257 g/mol.